The number of ether oxygens (including phenoxy) is 2. The average Bonchev–Trinajstić information content (AvgIpc) is 2.54. The maximum atomic E-state index is 5.60. The molecule has 108 valence electrons. The Morgan fingerprint density at radius 2 is 1.95 bits per heavy atom. The number of anilines is 1. The van der Waals surface area contributed by atoms with Crippen molar-refractivity contribution in [3.63, 3.8) is 0 Å². The predicted octanol–water partition coefficient (Wildman–Crippen LogP) is 3.31. The highest BCUT2D eigenvalue weighted by Gasteiger charge is 1.98. The van der Waals surface area contributed by atoms with Crippen molar-refractivity contribution >= 4 is 5.69 Å². The SMILES string of the molecule is C#Cc1cccc(NCc2cccc(OCCOC)c2)c1. The van der Waals surface area contributed by atoms with E-state index in [0.29, 0.717) is 13.2 Å². The molecular weight excluding hydrogens is 262 g/mol. The third-order valence-electron chi connectivity index (χ3n) is 2.98. The van der Waals surface area contributed by atoms with Crippen molar-refractivity contribution in [3.8, 4) is 18.1 Å². The molecule has 0 aliphatic heterocycles. The van der Waals surface area contributed by atoms with Crippen LogP contribution in [0.25, 0.3) is 0 Å². The van der Waals surface area contributed by atoms with Gasteiger partial charge < -0.3 is 14.8 Å². The highest BCUT2D eigenvalue weighted by molar-refractivity contribution is 5.50. The Balaban J connectivity index is 1.93. The molecule has 2 rings (SSSR count). The minimum atomic E-state index is 0.553. The van der Waals surface area contributed by atoms with E-state index in [1.165, 1.54) is 0 Å². The first-order valence-corrected chi connectivity index (χ1v) is 6.83. The zero-order chi connectivity index (χ0) is 14.9. The van der Waals surface area contributed by atoms with Crippen LogP contribution in [-0.2, 0) is 11.3 Å². The van der Waals surface area contributed by atoms with Crippen LogP contribution < -0.4 is 10.1 Å². The highest BCUT2D eigenvalue weighted by Crippen LogP contribution is 2.16. The molecule has 0 bridgehead atoms. The molecule has 0 spiro atoms. The molecule has 0 aromatic heterocycles. The number of hydrogen-bond acceptors (Lipinski definition) is 3. The van der Waals surface area contributed by atoms with Crippen molar-refractivity contribution in [2.24, 2.45) is 0 Å². The Morgan fingerprint density at radius 3 is 2.76 bits per heavy atom. The Kier molecular flexibility index (Phi) is 5.69. The molecule has 0 heterocycles. The zero-order valence-corrected chi connectivity index (χ0v) is 12.1. The first kappa shape index (κ1) is 15.0. The van der Waals surface area contributed by atoms with Gasteiger partial charge in [-0.3, -0.25) is 0 Å². The average molecular weight is 281 g/mol. The van der Waals surface area contributed by atoms with Crippen molar-refractivity contribution < 1.29 is 9.47 Å². The van der Waals surface area contributed by atoms with E-state index in [2.05, 4.69) is 17.3 Å². The van der Waals surface area contributed by atoms with Crippen molar-refractivity contribution in [1.29, 1.82) is 0 Å². The molecule has 0 unspecified atom stereocenters. The number of hydrogen-bond donors (Lipinski definition) is 1. The summed E-state index contributed by atoms with van der Waals surface area (Å²) < 4.78 is 10.6. The van der Waals surface area contributed by atoms with Crippen molar-refractivity contribution in [1.82, 2.24) is 0 Å². The molecule has 2 aromatic carbocycles. The van der Waals surface area contributed by atoms with Crippen LogP contribution >= 0.6 is 0 Å². The predicted molar refractivity (Wildman–Crippen MR) is 85.5 cm³/mol. The molecular formula is C18H19NO2. The third-order valence-corrected chi connectivity index (χ3v) is 2.98. The minimum absolute atomic E-state index is 0.553. The van der Waals surface area contributed by atoms with E-state index in [-0.39, 0.29) is 0 Å². The first-order valence-electron chi connectivity index (χ1n) is 6.83. The van der Waals surface area contributed by atoms with Crippen molar-refractivity contribution in [2.45, 2.75) is 6.54 Å². The lowest BCUT2D eigenvalue weighted by atomic mass is 10.2. The Hall–Kier alpha value is -2.44. The smallest absolute Gasteiger partial charge is 0.119 e. The molecule has 0 saturated heterocycles. The van der Waals surface area contributed by atoms with Crippen LogP contribution in [0.2, 0.25) is 0 Å². The maximum Gasteiger partial charge on any atom is 0.119 e. The van der Waals surface area contributed by atoms with Gasteiger partial charge in [0.1, 0.15) is 12.4 Å². The van der Waals surface area contributed by atoms with Crippen LogP contribution in [0.1, 0.15) is 11.1 Å². The van der Waals surface area contributed by atoms with Gasteiger partial charge >= 0.3 is 0 Å². The van der Waals surface area contributed by atoms with E-state index in [0.717, 1.165) is 29.1 Å². The number of rotatable bonds is 7. The highest BCUT2D eigenvalue weighted by atomic mass is 16.5. The second kappa shape index (κ2) is 7.98. The van der Waals surface area contributed by atoms with Crippen molar-refractivity contribution in [2.75, 3.05) is 25.6 Å². The summed E-state index contributed by atoms with van der Waals surface area (Å²) in [7, 11) is 1.66. The monoisotopic (exact) mass is 281 g/mol. The van der Waals surface area contributed by atoms with E-state index >= 15 is 0 Å². The van der Waals surface area contributed by atoms with E-state index in [1.807, 2.05) is 42.5 Å². The summed E-state index contributed by atoms with van der Waals surface area (Å²) in [6.07, 6.45) is 5.40. The van der Waals surface area contributed by atoms with E-state index in [9.17, 15) is 0 Å². The lowest BCUT2D eigenvalue weighted by Gasteiger charge is -2.09. The summed E-state index contributed by atoms with van der Waals surface area (Å²) in [5, 5.41) is 3.35. The van der Waals surface area contributed by atoms with Crippen LogP contribution in [-0.4, -0.2) is 20.3 Å². The summed E-state index contributed by atoms with van der Waals surface area (Å²) in [5.74, 6) is 3.48. The van der Waals surface area contributed by atoms with E-state index in [1.54, 1.807) is 7.11 Å². The summed E-state index contributed by atoms with van der Waals surface area (Å²) in [5.41, 5.74) is 3.03. The molecule has 21 heavy (non-hydrogen) atoms. The quantitative estimate of drug-likeness (QED) is 0.624. The molecule has 2 aromatic rings. The number of nitrogens with one attached hydrogen (secondary N) is 1. The van der Waals surface area contributed by atoms with Gasteiger partial charge in [-0.15, -0.1) is 6.42 Å². The minimum Gasteiger partial charge on any atom is -0.491 e. The fraction of sp³-hybridized carbons (Fsp3) is 0.222. The summed E-state index contributed by atoms with van der Waals surface area (Å²) in [6.45, 7) is 1.86. The van der Waals surface area contributed by atoms with Crippen LogP contribution in [0.5, 0.6) is 5.75 Å². The van der Waals surface area contributed by atoms with Gasteiger partial charge in [0.25, 0.3) is 0 Å². The van der Waals surface area contributed by atoms with Gasteiger partial charge in [0, 0.05) is 24.9 Å². The largest absolute Gasteiger partial charge is 0.491 e. The van der Waals surface area contributed by atoms with Gasteiger partial charge in [-0.2, -0.15) is 0 Å². The molecule has 0 fully saturated rings. The van der Waals surface area contributed by atoms with Gasteiger partial charge in [-0.25, -0.2) is 0 Å². The Morgan fingerprint density at radius 1 is 1.10 bits per heavy atom. The molecule has 0 saturated carbocycles. The molecule has 3 heteroatoms. The van der Waals surface area contributed by atoms with Gasteiger partial charge in [-0.05, 0) is 35.9 Å². The molecule has 0 aliphatic carbocycles. The Bertz CT molecular complexity index is 617. The number of methoxy groups -OCH3 is 1. The summed E-state index contributed by atoms with van der Waals surface area (Å²) in [4.78, 5) is 0. The van der Waals surface area contributed by atoms with Crippen LogP contribution in [0.3, 0.4) is 0 Å². The molecule has 0 atom stereocenters. The number of terminal acetylenes is 1. The van der Waals surface area contributed by atoms with Gasteiger partial charge in [0.15, 0.2) is 0 Å². The van der Waals surface area contributed by atoms with E-state index in [4.69, 9.17) is 15.9 Å². The zero-order valence-electron chi connectivity index (χ0n) is 12.1. The topological polar surface area (TPSA) is 30.5 Å². The summed E-state index contributed by atoms with van der Waals surface area (Å²) >= 11 is 0. The van der Waals surface area contributed by atoms with Gasteiger partial charge in [0.05, 0.1) is 6.61 Å². The van der Waals surface area contributed by atoms with Crippen LogP contribution in [0.4, 0.5) is 5.69 Å². The summed E-state index contributed by atoms with van der Waals surface area (Å²) in [6, 6.07) is 15.8. The van der Waals surface area contributed by atoms with Crippen LogP contribution in [0.15, 0.2) is 48.5 Å². The molecule has 0 amide bonds. The first-order chi connectivity index (χ1) is 10.3. The molecule has 0 aliphatic rings. The third kappa shape index (κ3) is 4.87. The van der Waals surface area contributed by atoms with Gasteiger partial charge in [0.2, 0.25) is 0 Å². The normalized spacial score (nSPS) is 9.90. The molecule has 3 nitrogen and oxygen atoms in total. The van der Waals surface area contributed by atoms with E-state index < -0.39 is 0 Å². The lowest BCUT2D eigenvalue weighted by molar-refractivity contribution is 0.146. The standard InChI is InChI=1S/C18H19NO2/c1-3-15-6-4-8-17(12-15)19-14-16-7-5-9-18(13-16)21-11-10-20-2/h1,4-9,12-13,19H,10-11,14H2,2H3. The van der Waals surface area contributed by atoms with Crippen molar-refractivity contribution in [3.05, 3.63) is 59.7 Å². The van der Waals surface area contributed by atoms with Crippen LogP contribution in [0, 0.1) is 12.3 Å². The second-order valence-corrected chi connectivity index (χ2v) is 4.57. The molecule has 1 N–H and O–H groups in total. The molecule has 0 radical (unpaired) electrons. The number of benzene rings is 2. The Labute approximate surface area is 125 Å². The second-order valence-electron chi connectivity index (χ2n) is 4.57. The fourth-order valence-electron chi connectivity index (χ4n) is 1.91. The lowest BCUT2D eigenvalue weighted by Crippen LogP contribution is -2.05. The van der Waals surface area contributed by atoms with Gasteiger partial charge in [-0.1, -0.05) is 24.1 Å². The fourth-order valence-corrected chi connectivity index (χ4v) is 1.91. The maximum absolute atomic E-state index is 5.60.